The largest absolute Gasteiger partial charge is 0.394 e. The summed E-state index contributed by atoms with van der Waals surface area (Å²) < 4.78 is 25.8. The van der Waals surface area contributed by atoms with Gasteiger partial charge in [-0.05, 0) is 0 Å². The van der Waals surface area contributed by atoms with Gasteiger partial charge >= 0.3 is 0 Å². The SMILES string of the molecule is Nc1nc(SCC(O)CO)c(F)cc1F. The van der Waals surface area contributed by atoms with Gasteiger partial charge in [-0.25, -0.2) is 13.8 Å². The Balaban J connectivity index is 2.73. The molecule has 0 aliphatic rings. The predicted octanol–water partition coefficient (Wildman–Crippen LogP) is 0.387. The molecule has 1 heterocycles. The fraction of sp³-hybridized carbons (Fsp3) is 0.375. The van der Waals surface area contributed by atoms with Crippen molar-refractivity contribution in [3.63, 3.8) is 0 Å². The summed E-state index contributed by atoms with van der Waals surface area (Å²) in [6, 6.07) is 0.635. The Hall–Kier alpha value is -0.920. The van der Waals surface area contributed by atoms with Crippen molar-refractivity contribution in [1.29, 1.82) is 0 Å². The van der Waals surface area contributed by atoms with Crippen molar-refractivity contribution in [1.82, 2.24) is 4.98 Å². The molecule has 84 valence electrons. The fourth-order valence-corrected chi connectivity index (χ4v) is 1.61. The minimum Gasteiger partial charge on any atom is -0.394 e. The Morgan fingerprint density at radius 1 is 1.47 bits per heavy atom. The summed E-state index contributed by atoms with van der Waals surface area (Å²) >= 11 is 0.860. The summed E-state index contributed by atoms with van der Waals surface area (Å²) in [5.74, 6) is -2.08. The number of thioether (sulfide) groups is 1. The zero-order chi connectivity index (χ0) is 11.4. The second-order valence-corrected chi connectivity index (χ2v) is 3.80. The number of anilines is 1. The van der Waals surface area contributed by atoms with Crippen LogP contribution in [-0.2, 0) is 0 Å². The molecule has 4 nitrogen and oxygen atoms in total. The van der Waals surface area contributed by atoms with E-state index in [9.17, 15) is 8.78 Å². The normalized spacial score (nSPS) is 12.8. The fourth-order valence-electron chi connectivity index (χ4n) is 0.792. The Labute approximate surface area is 89.1 Å². The smallest absolute Gasteiger partial charge is 0.168 e. The lowest BCUT2D eigenvalue weighted by Crippen LogP contribution is -2.15. The molecule has 1 atom stereocenters. The number of pyridine rings is 1. The van der Waals surface area contributed by atoms with Crippen molar-refractivity contribution >= 4 is 17.6 Å². The molecule has 1 aromatic heterocycles. The third kappa shape index (κ3) is 3.29. The van der Waals surface area contributed by atoms with Gasteiger partial charge in [-0.15, -0.1) is 11.8 Å². The monoisotopic (exact) mass is 236 g/mol. The average molecular weight is 236 g/mol. The third-order valence-corrected chi connectivity index (χ3v) is 2.66. The summed E-state index contributed by atoms with van der Waals surface area (Å²) in [6.45, 7) is -0.425. The van der Waals surface area contributed by atoms with Crippen molar-refractivity contribution < 1.29 is 19.0 Å². The highest BCUT2D eigenvalue weighted by atomic mass is 32.2. The van der Waals surface area contributed by atoms with Crippen LogP contribution in [-0.4, -0.2) is 33.7 Å². The third-order valence-electron chi connectivity index (χ3n) is 1.55. The number of aliphatic hydroxyl groups is 2. The van der Waals surface area contributed by atoms with E-state index in [-0.39, 0.29) is 10.8 Å². The van der Waals surface area contributed by atoms with E-state index in [0.717, 1.165) is 11.8 Å². The van der Waals surface area contributed by atoms with Crippen molar-refractivity contribution in [2.45, 2.75) is 11.1 Å². The van der Waals surface area contributed by atoms with Crippen LogP contribution in [0.4, 0.5) is 14.6 Å². The molecule has 15 heavy (non-hydrogen) atoms. The summed E-state index contributed by atoms with van der Waals surface area (Å²) in [7, 11) is 0. The average Bonchev–Trinajstić information content (AvgIpc) is 2.21. The molecule has 0 spiro atoms. The molecule has 0 fully saturated rings. The van der Waals surface area contributed by atoms with E-state index in [2.05, 4.69) is 4.98 Å². The highest BCUT2D eigenvalue weighted by Gasteiger charge is 2.12. The Morgan fingerprint density at radius 2 is 2.13 bits per heavy atom. The van der Waals surface area contributed by atoms with E-state index in [0.29, 0.717) is 6.07 Å². The van der Waals surface area contributed by atoms with Gasteiger partial charge in [-0.2, -0.15) is 0 Å². The minimum absolute atomic E-state index is 0.0610. The Kier molecular flexibility index (Phi) is 4.25. The first-order valence-corrected chi connectivity index (χ1v) is 5.06. The van der Waals surface area contributed by atoms with E-state index >= 15 is 0 Å². The van der Waals surface area contributed by atoms with E-state index in [4.69, 9.17) is 15.9 Å². The lowest BCUT2D eigenvalue weighted by molar-refractivity contribution is 0.113. The first kappa shape index (κ1) is 12.2. The van der Waals surface area contributed by atoms with Crippen LogP contribution < -0.4 is 5.73 Å². The van der Waals surface area contributed by atoms with E-state index in [1.54, 1.807) is 0 Å². The van der Waals surface area contributed by atoms with Crippen LogP contribution in [0.25, 0.3) is 0 Å². The van der Waals surface area contributed by atoms with E-state index in [1.165, 1.54) is 0 Å². The van der Waals surface area contributed by atoms with E-state index < -0.39 is 30.2 Å². The van der Waals surface area contributed by atoms with Gasteiger partial charge in [0.2, 0.25) is 0 Å². The maximum atomic E-state index is 13.1. The van der Waals surface area contributed by atoms with Crippen LogP contribution in [0.5, 0.6) is 0 Å². The molecule has 1 unspecified atom stereocenters. The van der Waals surface area contributed by atoms with Crippen molar-refractivity contribution in [3.8, 4) is 0 Å². The van der Waals surface area contributed by atoms with Crippen molar-refractivity contribution in [2.75, 3.05) is 18.1 Å². The lowest BCUT2D eigenvalue weighted by atomic mass is 10.4. The highest BCUT2D eigenvalue weighted by Crippen LogP contribution is 2.22. The van der Waals surface area contributed by atoms with Gasteiger partial charge in [0.25, 0.3) is 0 Å². The number of hydrogen-bond acceptors (Lipinski definition) is 5. The van der Waals surface area contributed by atoms with Crippen LogP contribution >= 0.6 is 11.8 Å². The molecule has 1 rings (SSSR count). The van der Waals surface area contributed by atoms with Gasteiger partial charge in [0.05, 0.1) is 12.7 Å². The molecule has 0 radical (unpaired) electrons. The Bertz CT molecular complexity index is 352. The van der Waals surface area contributed by atoms with Gasteiger partial charge in [-0.1, -0.05) is 0 Å². The van der Waals surface area contributed by atoms with Crippen LogP contribution in [0.3, 0.4) is 0 Å². The molecular formula is C8H10F2N2O2S. The standard InChI is InChI=1S/C8H10F2N2O2S/c9-5-1-6(10)8(12-7(5)11)15-3-4(14)2-13/h1,4,13-14H,2-3H2,(H2,11,12). The number of nitrogens with zero attached hydrogens (tertiary/aromatic N) is 1. The molecule has 0 aromatic carbocycles. The maximum Gasteiger partial charge on any atom is 0.168 e. The number of nitrogens with two attached hydrogens (primary N) is 1. The minimum atomic E-state index is -0.970. The van der Waals surface area contributed by atoms with Gasteiger partial charge in [0.1, 0.15) is 5.03 Å². The van der Waals surface area contributed by atoms with Gasteiger partial charge in [-0.3, -0.25) is 0 Å². The molecule has 0 bridgehead atoms. The maximum absolute atomic E-state index is 13.1. The molecule has 0 aliphatic heterocycles. The predicted molar refractivity (Wildman–Crippen MR) is 52.4 cm³/mol. The van der Waals surface area contributed by atoms with Crippen molar-refractivity contribution in [2.24, 2.45) is 0 Å². The van der Waals surface area contributed by atoms with Crippen molar-refractivity contribution in [3.05, 3.63) is 17.7 Å². The zero-order valence-electron chi connectivity index (χ0n) is 7.65. The van der Waals surface area contributed by atoms with Crippen LogP contribution in [0.15, 0.2) is 11.1 Å². The van der Waals surface area contributed by atoms with Gasteiger partial charge < -0.3 is 15.9 Å². The highest BCUT2D eigenvalue weighted by molar-refractivity contribution is 7.99. The molecule has 4 N–H and O–H groups in total. The molecule has 0 amide bonds. The van der Waals surface area contributed by atoms with Crippen LogP contribution in [0.1, 0.15) is 0 Å². The molecule has 7 heteroatoms. The number of halogens is 2. The summed E-state index contributed by atoms with van der Waals surface area (Å²) in [4.78, 5) is 3.48. The molecular weight excluding hydrogens is 226 g/mol. The number of aromatic nitrogens is 1. The molecule has 1 aromatic rings. The summed E-state index contributed by atoms with van der Waals surface area (Å²) in [5.41, 5.74) is 5.15. The first-order chi connectivity index (χ1) is 7.04. The first-order valence-electron chi connectivity index (χ1n) is 4.07. The van der Waals surface area contributed by atoms with E-state index in [1.807, 2.05) is 0 Å². The van der Waals surface area contributed by atoms with Gasteiger partial charge in [0.15, 0.2) is 17.5 Å². The second kappa shape index (κ2) is 5.24. The summed E-state index contributed by atoms with van der Waals surface area (Å²) in [6.07, 6.45) is -0.970. The molecule has 0 aliphatic carbocycles. The number of nitrogen functional groups attached to an aromatic ring is 1. The topological polar surface area (TPSA) is 79.4 Å². The lowest BCUT2D eigenvalue weighted by Gasteiger charge is -2.07. The molecule has 0 saturated heterocycles. The molecule has 0 saturated carbocycles. The van der Waals surface area contributed by atoms with Gasteiger partial charge in [0, 0.05) is 11.8 Å². The number of hydrogen-bond donors (Lipinski definition) is 3. The van der Waals surface area contributed by atoms with Crippen LogP contribution in [0, 0.1) is 11.6 Å². The van der Waals surface area contributed by atoms with Crippen LogP contribution in [0.2, 0.25) is 0 Å². The Morgan fingerprint density at radius 3 is 2.73 bits per heavy atom. The number of rotatable bonds is 4. The second-order valence-electron chi connectivity index (χ2n) is 2.79. The summed E-state index contributed by atoms with van der Waals surface area (Å²) in [5, 5.41) is 17.4. The zero-order valence-corrected chi connectivity index (χ0v) is 8.47. The number of aliphatic hydroxyl groups excluding tert-OH is 2. The quantitative estimate of drug-likeness (QED) is 0.659.